The van der Waals surface area contributed by atoms with E-state index in [2.05, 4.69) is 78.8 Å². The molecule has 1 aromatic rings. The molecule has 0 spiro atoms. The Labute approximate surface area is 482 Å². The number of allylic oxidation sites excluding steroid dienone is 2. The Hall–Kier alpha value is -2.16. The fourth-order valence-electron chi connectivity index (χ4n) is 10.0. The van der Waals surface area contributed by atoms with Crippen LogP contribution in [0.15, 0.2) is 65.3 Å². The predicted molar refractivity (Wildman–Crippen MR) is 317 cm³/mol. The molecule has 15 heteroatoms. The van der Waals surface area contributed by atoms with Crippen LogP contribution < -0.4 is 0 Å². The smallest absolute Gasteiger partial charge is 0.106 e. The first kappa shape index (κ1) is 73.9. The van der Waals surface area contributed by atoms with Gasteiger partial charge in [0.15, 0.2) is 0 Å². The first-order valence-electron chi connectivity index (χ1n) is 30.7. The van der Waals surface area contributed by atoms with Gasteiger partial charge in [0.25, 0.3) is 0 Å². The van der Waals surface area contributed by atoms with Gasteiger partial charge in [0, 0.05) is 19.3 Å². The molecule has 8 aliphatic rings. The van der Waals surface area contributed by atoms with Crippen LogP contribution >= 0.6 is 0 Å². The third-order valence-electron chi connectivity index (χ3n) is 16.1. The van der Waals surface area contributed by atoms with Crippen molar-refractivity contribution < 1.29 is 76.2 Å². The maximum atomic E-state index is 9.27. The highest BCUT2D eigenvalue weighted by atomic mass is 16.5. The zero-order chi connectivity index (χ0) is 60.3. The van der Waals surface area contributed by atoms with Crippen LogP contribution in [0.25, 0.3) is 0 Å². The molecule has 0 saturated heterocycles. The molecule has 0 amide bonds. The molecule has 0 aromatic heterocycles. The molecule has 466 valence electrons. The highest BCUT2D eigenvalue weighted by Crippen LogP contribution is 2.36. The maximum Gasteiger partial charge on any atom is 0.106 e. The van der Waals surface area contributed by atoms with Crippen molar-refractivity contribution in [1.29, 1.82) is 0 Å². The second-order valence-corrected chi connectivity index (χ2v) is 26.5. The lowest BCUT2D eigenvalue weighted by atomic mass is 9.73. The third-order valence-corrected chi connectivity index (χ3v) is 16.1. The highest BCUT2D eigenvalue weighted by Gasteiger charge is 2.39. The SMILES string of the molecule is CC(C)(C)CC=C1C[C@@H]1O.CC1(C)CC(O)C(O)[C@@H](O)C1.CC1CCC(O)CC1.CCC(C=C1C[C@@H]1O)OCc1ccccc1.CCCC=C1C[C@@H]1O.C[C@H]1CCC(O)[C@@H](O)[C@H]1O.C[C@H]1CCCC(O)C1.OC1CCC[C@H](O)C1O. The minimum Gasteiger partial charge on any atom is -0.393 e. The Morgan fingerprint density at radius 2 is 1.02 bits per heavy atom. The van der Waals surface area contributed by atoms with E-state index in [4.69, 9.17) is 50.7 Å². The van der Waals surface area contributed by atoms with Crippen molar-refractivity contribution in [2.24, 2.45) is 28.6 Å². The number of aliphatic hydroxyl groups is 14. The zero-order valence-corrected chi connectivity index (χ0v) is 50.9. The van der Waals surface area contributed by atoms with Crippen molar-refractivity contribution in [3.05, 3.63) is 70.8 Å². The molecule has 1 aromatic carbocycles. The van der Waals surface area contributed by atoms with Gasteiger partial charge in [-0.25, -0.2) is 0 Å². The molecule has 8 aliphatic carbocycles. The number of hydrogen-bond acceptors (Lipinski definition) is 15. The molecule has 7 unspecified atom stereocenters. The predicted octanol–water partition coefficient (Wildman–Crippen LogP) is 8.02. The van der Waals surface area contributed by atoms with Crippen LogP contribution in [0.3, 0.4) is 0 Å². The largest absolute Gasteiger partial charge is 0.393 e. The molecular weight excluding hydrogens is 1020 g/mol. The van der Waals surface area contributed by atoms with Crippen molar-refractivity contribution >= 4 is 0 Å². The summed E-state index contributed by atoms with van der Waals surface area (Å²) in [5.74, 6) is 1.73. The minimum absolute atomic E-state index is 0.0127. The van der Waals surface area contributed by atoms with Gasteiger partial charge in [-0.2, -0.15) is 0 Å². The van der Waals surface area contributed by atoms with E-state index in [0.29, 0.717) is 44.1 Å². The van der Waals surface area contributed by atoms with Gasteiger partial charge in [-0.05, 0) is 154 Å². The van der Waals surface area contributed by atoms with E-state index in [1.807, 2.05) is 39.0 Å². The average molecular weight is 1140 g/mol. The van der Waals surface area contributed by atoms with Gasteiger partial charge >= 0.3 is 0 Å². The monoisotopic (exact) mass is 1140 g/mol. The molecule has 0 aliphatic heterocycles. The van der Waals surface area contributed by atoms with Crippen LogP contribution in [0.2, 0.25) is 0 Å². The first-order chi connectivity index (χ1) is 37.5. The standard InChI is InChI=1S/C14H18O2.C9H16O.C8H16O3.C7H14O3.2C7H14O.C7H12O.C6H12O3/c1-2-13(8-12-9-14(12)15)16-10-11-6-4-3-5-7-11;1-9(2,3)5-4-7-6-8(7)10;1-8(2)3-5(9)7(11)6(10)4-8;1-4-2-3-5(8)7(10)6(4)9;1-6-2-4-7(8)5-3-6;1-6-3-2-4-7(8)5-6;1-2-3-4-6-5-7(6)8;7-4-2-1-3-5(8)6(4)9/h3-8,13-15H,2,9-10H2,1H3;4,8,10H,5-6H2,1-3H3;5-7,9-11H,3-4H2,1-2H3;4-10H,2-3H2,1H3;2*6-8H,2-5H2,1H3;4,7-8H,2-3,5H2,1H3;4-9H,1-3H2/t13?,14-;8-;5-,6?,7?;4-,5?,6-,7+;;6-,7?;7-;4-,5?,6?/m0000.000/s1. The van der Waals surface area contributed by atoms with Crippen LogP contribution in [0.4, 0.5) is 0 Å². The molecule has 15 nitrogen and oxygen atoms in total. The van der Waals surface area contributed by atoms with Crippen LogP contribution in [0.5, 0.6) is 0 Å². The summed E-state index contributed by atoms with van der Waals surface area (Å²) in [6.07, 6.45) is 19.6. The van der Waals surface area contributed by atoms with Gasteiger partial charge in [0.1, 0.15) is 18.3 Å². The minimum atomic E-state index is -0.956. The Bertz CT molecular complexity index is 1800. The van der Waals surface area contributed by atoms with Crippen molar-refractivity contribution in [1.82, 2.24) is 0 Å². The quantitative estimate of drug-likeness (QED) is 0.110. The molecule has 0 bridgehead atoms. The number of hydrogen-bond donors (Lipinski definition) is 14. The Morgan fingerprint density at radius 1 is 0.537 bits per heavy atom. The van der Waals surface area contributed by atoms with E-state index in [1.54, 1.807) is 0 Å². The number of ether oxygens (including phenoxy) is 1. The molecule has 8 fully saturated rings. The second-order valence-electron chi connectivity index (χ2n) is 26.5. The molecule has 9 rings (SSSR count). The molecular formula is C65H116O15. The maximum absolute atomic E-state index is 9.27. The Kier molecular flexibility index (Phi) is 35.1. The van der Waals surface area contributed by atoms with Crippen molar-refractivity contribution in [3.63, 3.8) is 0 Å². The fraction of sp³-hybridized carbons (Fsp3) is 0.815. The lowest BCUT2D eigenvalue weighted by molar-refractivity contribution is -0.116. The van der Waals surface area contributed by atoms with Crippen molar-refractivity contribution in [2.45, 2.75) is 309 Å². The molecule has 16 atom stereocenters. The van der Waals surface area contributed by atoms with Crippen molar-refractivity contribution in [2.75, 3.05) is 0 Å². The Morgan fingerprint density at radius 3 is 1.44 bits per heavy atom. The fourth-order valence-corrected chi connectivity index (χ4v) is 10.0. The van der Waals surface area contributed by atoms with E-state index >= 15 is 0 Å². The number of unbranched alkanes of at least 4 members (excludes halogenated alkanes) is 1. The van der Waals surface area contributed by atoms with E-state index in [0.717, 1.165) is 94.5 Å². The lowest BCUT2D eigenvalue weighted by Crippen LogP contribution is -2.47. The van der Waals surface area contributed by atoms with Gasteiger partial charge < -0.3 is 76.2 Å². The third kappa shape index (κ3) is 32.8. The molecule has 8 saturated carbocycles. The summed E-state index contributed by atoms with van der Waals surface area (Å²) < 4.78 is 5.79. The molecule has 0 heterocycles. The number of aliphatic hydroxyl groups excluding tert-OH is 14. The number of benzene rings is 1. The van der Waals surface area contributed by atoms with E-state index < -0.39 is 54.9 Å². The molecule has 0 radical (unpaired) electrons. The van der Waals surface area contributed by atoms with Crippen LogP contribution in [0, 0.1) is 28.6 Å². The van der Waals surface area contributed by atoms with Gasteiger partial charge in [-0.3, -0.25) is 0 Å². The summed E-state index contributed by atoms with van der Waals surface area (Å²) in [4.78, 5) is 0. The van der Waals surface area contributed by atoms with E-state index in [9.17, 15) is 25.5 Å². The van der Waals surface area contributed by atoms with Crippen LogP contribution in [-0.4, -0.2) is 163 Å². The molecule has 80 heavy (non-hydrogen) atoms. The average Bonchev–Trinajstić information content (AvgIpc) is 4.37. The number of rotatable bonds is 8. The first-order valence-corrected chi connectivity index (χ1v) is 30.7. The van der Waals surface area contributed by atoms with Crippen LogP contribution in [-0.2, 0) is 11.3 Å². The normalized spacial score (nSPS) is 36.6. The topological polar surface area (TPSA) is 292 Å². The molecule has 14 N–H and O–H groups in total. The van der Waals surface area contributed by atoms with Gasteiger partial charge in [-0.15, -0.1) is 0 Å². The Balaban J connectivity index is 0.000000316. The summed E-state index contributed by atoms with van der Waals surface area (Å²) in [5, 5.41) is 127. The van der Waals surface area contributed by atoms with Crippen LogP contribution in [0.1, 0.15) is 216 Å². The van der Waals surface area contributed by atoms with Crippen molar-refractivity contribution in [3.8, 4) is 0 Å². The highest BCUT2D eigenvalue weighted by molar-refractivity contribution is 5.27. The summed E-state index contributed by atoms with van der Waals surface area (Å²) in [6.45, 7) is 21.8. The van der Waals surface area contributed by atoms with Gasteiger partial charge in [-0.1, -0.05) is 137 Å². The summed E-state index contributed by atoms with van der Waals surface area (Å²) in [5.41, 5.74) is 5.10. The van der Waals surface area contributed by atoms with E-state index in [1.165, 1.54) is 48.8 Å². The summed E-state index contributed by atoms with van der Waals surface area (Å²) in [6, 6.07) is 10.2. The van der Waals surface area contributed by atoms with Gasteiger partial charge in [0.05, 0.1) is 79.9 Å². The summed E-state index contributed by atoms with van der Waals surface area (Å²) >= 11 is 0. The second kappa shape index (κ2) is 38.0. The van der Waals surface area contributed by atoms with Gasteiger partial charge in [0.2, 0.25) is 0 Å². The lowest BCUT2D eigenvalue weighted by Gasteiger charge is -2.39. The van der Waals surface area contributed by atoms with E-state index in [-0.39, 0.29) is 48.0 Å². The summed E-state index contributed by atoms with van der Waals surface area (Å²) in [7, 11) is 0. The zero-order valence-electron chi connectivity index (χ0n) is 50.9.